The maximum absolute atomic E-state index is 7.17. The summed E-state index contributed by atoms with van der Waals surface area (Å²) in [6, 6.07) is 2.23. The van der Waals surface area contributed by atoms with Crippen LogP contribution >= 0.6 is 11.8 Å². The summed E-state index contributed by atoms with van der Waals surface area (Å²) in [5, 5.41) is 0.842. The van der Waals surface area contributed by atoms with E-state index in [1.807, 2.05) is 12.5 Å². The Hall–Kier alpha value is -0.530. The van der Waals surface area contributed by atoms with Crippen LogP contribution in [-0.4, -0.2) is 79.9 Å². The summed E-state index contributed by atoms with van der Waals surface area (Å²) in [5.41, 5.74) is 1.87. The molecule has 2 saturated heterocycles. The fraction of sp³-hybridized carbons (Fsp3) is 0.892. The molecule has 0 N–H and O–H groups in total. The monoisotopic (exact) mass is 612 g/mol. The normalized spacial score (nSPS) is 41.8. The molecule has 1 unspecified atom stereocenters. The molecular weight excluding hydrogens is 552 g/mol. The summed E-state index contributed by atoms with van der Waals surface area (Å²) in [5.74, 6) is 4.62. The highest BCUT2D eigenvalue weighted by molar-refractivity contribution is 7.99. The maximum atomic E-state index is 7.17. The zero-order valence-electron chi connectivity index (χ0n) is 27.4. The highest BCUT2D eigenvalue weighted by Gasteiger charge is 2.66. The van der Waals surface area contributed by atoms with E-state index in [0.717, 1.165) is 68.3 Å². The second-order valence-electron chi connectivity index (χ2n) is 15.8. The van der Waals surface area contributed by atoms with Crippen LogP contribution in [0.2, 0.25) is 0 Å². The van der Waals surface area contributed by atoms with Crippen molar-refractivity contribution in [2.24, 2.45) is 34.5 Å². The van der Waals surface area contributed by atoms with Gasteiger partial charge in [-0.25, -0.2) is 0 Å². The van der Waals surface area contributed by atoms with Crippen molar-refractivity contribution in [1.29, 1.82) is 0 Å². The Bertz CT molecular complexity index is 1030. The number of hydrogen-bond donors (Lipinski definition) is 0. The lowest BCUT2D eigenvalue weighted by atomic mass is 9.44. The lowest BCUT2D eigenvalue weighted by Crippen LogP contribution is -2.56. The fourth-order valence-electron chi connectivity index (χ4n) is 11.6. The van der Waals surface area contributed by atoms with Gasteiger partial charge in [-0.2, -0.15) is 11.8 Å². The Balaban J connectivity index is 0.955. The minimum absolute atomic E-state index is 0.183. The first kappa shape index (κ1) is 31.1. The van der Waals surface area contributed by atoms with Crippen LogP contribution in [0.4, 0.5) is 0 Å². The lowest BCUT2D eigenvalue weighted by Gasteiger charge is -2.62. The van der Waals surface area contributed by atoms with Crippen LogP contribution in [-0.2, 0) is 15.1 Å². The average Bonchev–Trinajstić information content (AvgIpc) is 3.83. The molecule has 6 aliphatic rings. The van der Waals surface area contributed by atoms with Crippen molar-refractivity contribution in [1.82, 2.24) is 9.80 Å². The maximum Gasteiger partial charge on any atom is 0.102 e. The van der Waals surface area contributed by atoms with Crippen LogP contribution < -0.4 is 0 Å². The number of ether oxygens (including phenoxy) is 2. The predicted octanol–water partition coefficient (Wildman–Crippen LogP) is 7.84. The Morgan fingerprint density at radius 3 is 2.33 bits per heavy atom. The first-order valence-electron chi connectivity index (χ1n) is 18.3. The minimum atomic E-state index is -0.183. The third-order valence-electron chi connectivity index (χ3n) is 14.0. The molecule has 3 heterocycles. The molecule has 0 amide bonds. The topological polar surface area (TPSA) is 38.1 Å². The number of hydrogen-bond acceptors (Lipinski definition) is 6. The van der Waals surface area contributed by atoms with Gasteiger partial charge >= 0.3 is 0 Å². The van der Waals surface area contributed by atoms with Crippen molar-refractivity contribution in [2.75, 3.05) is 64.8 Å². The van der Waals surface area contributed by atoms with Crippen LogP contribution in [0.5, 0.6) is 0 Å². The summed E-state index contributed by atoms with van der Waals surface area (Å²) in [6.07, 6.45) is 21.7. The molecule has 242 valence electrons. The van der Waals surface area contributed by atoms with Crippen LogP contribution in [0.3, 0.4) is 0 Å². The Labute approximate surface area is 266 Å². The van der Waals surface area contributed by atoms with Crippen molar-refractivity contribution >= 4 is 11.8 Å². The lowest BCUT2D eigenvalue weighted by molar-refractivity contribution is -0.179. The minimum Gasteiger partial charge on any atom is -0.472 e. The average molecular weight is 613 g/mol. The highest BCUT2D eigenvalue weighted by atomic mass is 32.2. The zero-order chi connectivity index (χ0) is 29.3. The van der Waals surface area contributed by atoms with Crippen LogP contribution in [0.1, 0.15) is 103 Å². The summed E-state index contributed by atoms with van der Waals surface area (Å²) in [6.45, 7) is 15.3. The van der Waals surface area contributed by atoms with E-state index in [1.54, 1.807) is 0 Å². The number of nitrogens with zero attached hydrogens (tertiary/aromatic N) is 2. The van der Waals surface area contributed by atoms with Crippen molar-refractivity contribution < 1.29 is 13.9 Å². The molecule has 8 atom stereocenters. The fourth-order valence-corrected chi connectivity index (χ4v) is 12.8. The summed E-state index contributed by atoms with van der Waals surface area (Å²) < 4.78 is 18.9. The SMILES string of the molecule is C[C@]12CC[C@H](SCCOCCN3CCCC3)CC1CC[C@@H]1[C@@H]2CC[C@@]2(C)[C@H]1CC[C@@]2(OCCN1CCCC1)c1ccoc1. The first-order chi connectivity index (χ1) is 21.0. The molecule has 1 aromatic rings. The number of likely N-dealkylation sites (tertiary alicyclic amines) is 2. The van der Waals surface area contributed by atoms with Gasteiger partial charge in [0.25, 0.3) is 0 Å². The van der Waals surface area contributed by atoms with Crippen LogP contribution in [0.25, 0.3) is 0 Å². The van der Waals surface area contributed by atoms with E-state index < -0.39 is 0 Å². The second-order valence-corrected chi connectivity index (χ2v) is 17.2. The van der Waals surface area contributed by atoms with Crippen molar-refractivity contribution in [3.05, 3.63) is 24.2 Å². The van der Waals surface area contributed by atoms with E-state index in [0.29, 0.717) is 5.41 Å². The number of thioether (sulfide) groups is 1. The first-order valence-corrected chi connectivity index (χ1v) is 19.4. The Morgan fingerprint density at radius 2 is 1.58 bits per heavy atom. The Morgan fingerprint density at radius 1 is 0.837 bits per heavy atom. The highest BCUT2D eigenvalue weighted by Crippen LogP contribution is 2.71. The quantitative estimate of drug-likeness (QED) is 0.224. The molecule has 0 aromatic carbocycles. The van der Waals surface area contributed by atoms with Gasteiger partial charge in [-0.15, -0.1) is 0 Å². The molecule has 4 saturated carbocycles. The molecule has 6 heteroatoms. The molecule has 2 aliphatic heterocycles. The van der Waals surface area contributed by atoms with E-state index in [2.05, 4.69) is 41.5 Å². The number of fused-ring (bicyclic) bond motifs is 5. The van der Waals surface area contributed by atoms with Crippen molar-refractivity contribution in [3.63, 3.8) is 0 Å². The molecular formula is C37H60N2O3S. The van der Waals surface area contributed by atoms with E-state index >= 15 is 0 Å². The third-order valence-corrected chi connectivity index (χ3v) is 15.3. The van der Waals surface area contributed by atoms with E-state index in [9.17, 15) is 0 Å². The number of furan rings is 1. The largest absolute Gasteiger partial charge is 0.472 e. The van der Waals surface area contributed by atoms with E-state index in [1.165, 1.54) is 115 Å². The smallest absolute Gasteiger partial charge is 0.102 e. The van der Waals surface area contributed by atoms with Gasteiger partial charge in [-0.05, 0) is 145 Å². The summed E-state index contributed by atoms with van der Waals surface area (Å²) >= 11 is 2.23. The zero-order valence-corrected chi connectivity index (χ0v) is 28.2. The number of rotatable bonds is 12. The van der Waals surface area contributed by atoms with Gasteiger partial charge in [-0.3, -0.25) is 0 Å². The van der Waals surface area contributed by atoms with E-state index in [4.69, 9.17) is 13.9 Å². The molecule has 0 radical (unpaired) electrons. The molecule has 0 bridgehead atoms. The molecule has 1 aromatic heterocycles. The molecule has 0 spiro atoms. The van der Waals surface area contributed by atoms with Crippen LogP contribution in [0, 0.1) is 34.5 Å². The third kappa shape index (κ3) is 5.92. The second kappa shape index (κ2) is 13.3. The van der Waals surface area contributed by atoms with Gasteiger partial charge in [0.15, 0.2) is 0 Å². The van der Waals surface area contributed by atoms with Gasteiger partial charge in [0.1, 0.15) is 5.60 Å². The van der Waals surface area contributed by atoms with Gasteiger partial charge in [-0.1, -0.05) is 13.8 Å². The molecule has 5 nitrogen and oxygen atoms in total. The molecule has 6 fully saturated rings. The van der Waals surface area contributed by atoms with Crippen molar-refractivity contribution in [2.45, 2.75) is 108 Å². The summed E-state index contributed by atoms with van der Waals surface area (Å²) in [7, 11) is 0. The molecule has 43 heavy (non-hydrogen) atoms. The van der Waals surface area contributed by atoms with Gasteiger partial charge in [0, 0.05) is 35.1 Å². The van der Waals surface area contributed by atoms with Gasteiger partial charge in [0.05, 0.1) is 32.3 Å². The van der Waals surface area contributed by atoms with Gasteiger partial charge in [0.2, 0.25) is 0 Å². The van der Waals surface area contributed by atoms with Gasteiger partial charge < -0.3 is 23.7 Å². The van der Waals surface area contributed by atoms with Crippen LogP contribution in [0.15, 0.2) is 23.0 Å². The predicted molar refractivity (Wildman–Crippen MR) is 176 cm³/mol. The molecule has 4 aliphatic carbocycles. The Kier molecular flexibility index (Phi) is 9.61. The van der Waals surface area contributed by atoms with E-state index in [-0.39, 0.29) is 11.0 Å². The standard InChI is InChI=1S/C37H60N2O3S/c1-35-13-9-31(43-26-25-40-23-20-38-16-3-4-17-38)27-29(35)7-8-32-33(35)10-14-36(2)34(32)11-15-37(36,30-12-22-41-28-30)42-24-21-39-18-5-6-19-39/h12,22,28-29,31-34H,3-11,13-21,23-27H2,1-2H3/t29?,31-,32+,33-,34-,35-,36-,37+/m0/s1. The summed E-state index contributed by atoms with van der Waals surface area (Å²) in [4.78, 5) is 5.17. The van der Waals surface area contributed by atoms with Crippen molar-refractivity contribution in [3.8, 4) is 0 Å². The molecule has 7 rings (SSSR count).